The van der Waals surface area contributed by atoms with Crippen LogP contribution in [0.1, 0.15) is 39.7 Å². The molecule has 2 aromatic rings. The molecule has 1 aliphatic rings. The van der Waals surface area contributed by atoms with Crippen LogP contribution in [0.25, 0.3) is 0 Å². The van der Waals surface area contributed by atoms with E-state index in [4.69, 9.17) is 14.2 Å². The quantitative estimate of drug-likeness (QED) is 0.558. The number of nitrogens with zero attached hydrogens (tertiary/aromatic N) is 1. The number of nitrogens with one attached hydrogen (secondary N) is 1. The van der Waals surface area contributed by atoms with Gasteiger partial charge in [0.05, 0.1) is 36.8 Å². The van der Waals surface area contributed by atoms with Gasteiger partial charge in [0.25, 0.3) is 0 Å². The monoisotopic (exact) mass is 490 g/mol. The SMILES string of the molecule is COc1ccc(CS(=O)(=O)Nc2ccc3c(c2)N(CCC(C)C)C(=O)C(C)(C)CO3)cc1OC. The molecule has 0 fully saturated rings. The second kappa shape index (κ2) is 10.1. The number of hydrogen-bond acceptors (Lipinski definition) is 6. The van der Waals surface area contributed by atoms with Gasteiger partial charge < -0.3 is 19.1 Å². The third-order valence-electron chi connectivity index (χ3n) is 5.67. The normalized spacial score (nSPS) is 15.4. The van der Waals surface area contributed by atoms with Gasteiger partial charge in [-0.05, 0) is 62.1 Å². The van der Waals surface area contributed by atoms with Crippen LogP contribution in [0.15, 0.2) is 36.4 Å². The third-order valence-corrected chi connectivity index (χ3v) is 6.93. The Morgan fingerprint density at radius 2 is 1.79 bits per heavy atom. The maximum Gasteiger partial charge on any atom is 0.236 e. The van der Waals surface area contributed by atoms with E-state index in [1.165, 1.54) is 14.2 Å². The van der Waals surface area contributed by atoms with Crippen molar-refractivity contribution in [2.24, 2.45) is 11.3 Å². The number of hydrogen-bond donors (Lipinski definition) is 1. The molecular formula is C25H34N2O6S. The highest BCUT2D eigenvalue weighted by molar-refractivity contribution is 7.91. The Labute approximate surface area is 202 Å². The molecule has 1 aliphatic heterocycles. The van der Waals surface area contributed by atoms with Crippen LogP contribution in [0.5, 0.6) is 17.2 Å². The van der Waals surface area contributed by atoms with Gasteiger partial charge >= 0.3 is 0 Å². The zero-order chi connectivity index (χ0) is 25.1. The van der Waals surface area contributed by atoms with E-state index in [0.717, 1.165) is 6.42 Å². The molecule has 8 nitrogen and oxygen atoms in total. The Morgan fingerprint density at radius 1 is 1.09 bits per heavy atom. The van der Waals surface area contributed by atoms with Gasteiger partial charge in [-0.3, -0.25) is 9.52 Å². The lowest BCUT2D eigenvalue weighted by molar-refractivity contribution is -0.127. The smallest absolute Gasteiger partial charge is 0.236 e. The summed E-state index contributed by atoms with van der Waals surface area (Å²) in [4.78, 5) is 15.0. The zero-order valence-corrected chi connectivity index (χ0v) is 21.5. The number of amides is 1. The molecule has 0 saturated heterocycles. The summed E-state index contributed by atoms with van der Waals surface area (Å²) in [6.45, 7) is 8.69. The first-order chi connectivity index (χ1) is 16.0. The molecule has 9 heteroatoms. The summed E-state index contributed by atoms with van der Waals surface area (Å²) in [6.07, 6.45) is 0.816. The molecule has 0 aromatic heterocycles. The lowest BCUT2D eigenvalue weighted by atomic mass is 9.92. The summed E-state index contributed by atoms with van der Waals surface area (Å²) in [5, 5.41) is 0. The molecule has 186 valence electrons. The molecule has 1 heterocycles. The topological polar surface area (TPSA) is 94.2 Å². The third kappa shape index (κ3) is 5.94. The van der Waals surface area contributed by atoms with Gasteiger partial charge in [0.1, 0.15) is 12.4 Å². The lowest BCUT2D eigenvalue weighted by Crippen LogP contribution is -2.42. The van der Waals surface area contributed by atoms with Crippen LogP contribution in [-0.4, -0.2) is 41.7 Å². The van der Waals surface area contributed by atoms with E-state index >= 15 is 0 Å². The minimum Gasteiger partial charge on any atom is -0.493 e. The lowest BCUT2D eigenvalue weighted by Gasteiger charge is -2.28. The summed E-state index contributed by atoms with van der Waals surface area (Å²) >= 11 is 0. The number of carbonyl (C=O) groups is 1. The van der Waals surface area contributed by atoms with Gasteiger partial charge in [0.15, 0.2) is 11.5 Å². The highest BCUT2D eigenvalue weighted by Crippen LogP contribution is 2.39. The maximum absolute atomic E-state index is 13.3. The first-order valence-electron chi connectivity index (χ1n) is 11.3. The predicted octanol–water partition coefficient (Wildman–Crippen LogP) is 4.44. The first kappa shape index (κ1) is 25.7. The molecule has 34 heavy (non-hydrogen) atoms. The van der Waals surface area contributed by atoms with Gasteiger partial charge in [0.2, 0.25) is 15.9 Å². The van der Waals surface area contributed by atoms with Crippen molar-refractivity contribution in [2.75, 3.05) is 37.0 Å². The van der Waals surface area contributed by atoms with Crippen molar-refractivity contribution in [2.45, 2.75) is 39.9 Å². The van der Waals surface area contributed by atoms with Crippen LogP contribution in [0.2, 0.25) is 0 Å². The van der Waals surface area contributed by atoms with Crippen LogP contribution in [-0.2, 0) is 20.6 Å². The van der Waals surface area contributed by atoms with Crippen molar-refractivity contribution in [1.82, 2.24) is 0 Å². The van der Waals surface area contributed by atoms with Gasteiger partial charge in [-0.1, -0.05) is 19.9 Å². The number of rotatable bonds is 9. The molecule has 0 spiro atoms. The van der Waals surface area contributed by atoms with E-state index in [1.807, 2.05) is 13.8 Å². The Kier molecular flexibility index (Phi) is 7.65. The Morgan fingerprint density at radius 3 is 2.44 bits per heavy atom. The fourth-order valence-electron chi connectivity index (χ4n) is 3.72. The molecule has 0 aliphatic carbocycles. The van der Waals surface area contributed by atoms with Gasteiger partial charge in [-0.2, -0.15) is 0 Å². The summed E-state index contributed by atoms with van der Waals surface area (Å²) < 4.78 is 44.9. The van der Waals surface area contributed by atoms with Gasteiger partial charge in [-0.25, -0.2) is 8.42 Å². The highest BCUT2D eigenvalue weighted by atomic mass is 32.2. The van der Waals surface area contributed by atoms with E-state index in [9.17, 15) is 13.2 Å². The van der Waals surface area contributed by atoms with Crippen molar-refractivity contribution < 1.29 is 27.4 Å². The first-order valence-corrected chi connectivity index (χ1v) is 12.9. The number of ether oxygens (including phenoxy) is 3. The van der Waals surface area contributed by atoms with Crippen LogP contribution >= 0.6 is 0 Å². The maximum atomic E-state index is 13.3. The second-order valence-electron chi connectivity index (χ2n) is 9.54. The number of sulfonamides is 1. The van der Waals surface area contributed by atoms with E-state index < -0.39 is 15.4 Å². The van der Waals surface area contributed by atoms with Crippen LogP contribution in [0.4, 0.5) is 11.4 Å². The van der Waals surface area contributed by atoms with Gasteiger partial charge in [0, 0.05) is 6.54 Å². The average molecular weight is 491 g/mol. The number of anilines is 2. The van der Waals surface area contributed by atoms with Crippen molar-refractivity contribution in [3.05, 3.63) is 42.0 Å². The minimum absolute atomic E-state index is 0.0442. The average Bonchev–Trinajstić information content (AvgIpc) is 2.86. The van der Waals surface area contributed by atoms with E-state index in [2.05, 4.69) is 18.6 Å². The molecule has 2 aromatic carbocycles. The molecule has 0 radical (unpaired) electrons. The van der Waals surface area contributed by atoms with Crippen molar-refractivity contribution in [1.29, 1.82) is 0 Å². The summed E-state index contributed by atoms with van der Waals surface area (Å²) in [5.41, 5.74) is 0.800. The molecule has 0 unspecified atom stereocenters. The Hall–Kier alpha value is -2.94. The predicted molar refractivity (Wildman–Crippen MR) is 133 cm³/mol. The Bertz CT molecular complexity index is 1140. The molecular weight excluding hydrogens is 456 g/mol. The molecule has 0 saturated carbocycles. The number of methoxy groups -OCH3 is 2. The molecule has 1 amide bonds. The molecule has 0 atom stereocenters. The fourth-order valence-corrected chi connectivity index (χ4v) is 4.90. The second-order valence-corrected chi connectivity index (χ2v) is 11.3. The number of carbonyl (C=O) groups excluding carboxylic acids is 1. The van der Waals surface area contributed by atoms with E-state index in [1.54, 1.807) is 41.3 Å². The fraction of sp³-hybridized carbons (Fsp3) is 0.480. The molecule has 1 N–H and O–H groups in total. The van der Waals surface area contributed by atoms with Crippen molar-refractivity contribution >= 4 is 27.3 Å². The standard InChI is InChI=1S/C25H34N2O6S/c1-17(2)11-12-27-20-14-19(8-10-21(20)33-16-25(3,4)24(27)28)26-34(29,30)15-18-7-9-22(31-5)23(13-18)32-6/h7-10,13-14,17,26H,11-12,15-16H2,1-6H3. The van der Waals surface area contributed by atoms with Gasteiger partial charge in [-0.15, -0.1) is 0 Å². The van der Waals surface area contributed by atoms with E-state index in [0.29, 0.717) is 46.6 Å². The van der Waals surface area contributed by atoms with Crippen molar-refractivity contribution in [3.63, 3.8) is 0 Å². The Balaban J connectivity index is 1.88. The summed E-state index contributed by atoms with van der Waals surface area (Å²) in [6, 6.07) is 10.0. The van der Waals surface area contributed by atoms with Crippen LogP contribution in [0.3, 0.4) is 0 Å². The summed E-state index contributed by atoms with van der Waals surface area (Å²) in [7, 11) is -0.716. The summed E-state index contributed by atoms with van der Waals surface area (Å²) in [5.74, 6) is 1.66. The zero-order valence-electron chi connectivity index (χ0n) is 20.7. The minimum atomic E-state index is -3.74. The van der Waals surface area contributed by atoms with Crippen LogP contribution < -0.4 is 23.8 Å². The van der Waals surface area contributed by atoms with Crippen LogP contribution in [0, 0.1) is 11.3 Å². The van der Waals surface area contributed by atoms with E-state index in [-0.39, 0.29) is 18.3 Å². The number of benzene rings is 2. The molecule has 0 bridgehead atoms. The largest absolute Gasteiger partial charge is 0.493 e. The number of fused-ring (bicyclic) bond motifs is 1. The highest BCUT2D eigenvalue weighted by Gasteiger charge is 2.37. The molecule has 3 rings (SSSR count). The van der Waals surface area contributed by atoms with Crippen molar-refractivity contribution in [3.8, 4) is 17.2 Å².